The first-order valence-electron chi connectivity index (χ1n) is 12.0. The molecule has 0 aliphatic heterocycles. The van der Waals surface area contributed by atoms with Crippen LogP contribution in [0.4, 0.5) is 11.5 Å². The van der Waals surface area contributed by atoms with Crippen molar-refractivity contribution >= 4 is 39.0 Å². The van der Waals surface area contributed by atoms with Crippen LogP contribution in [0.1, 0.15) is 45.9 Å². The zero-order valence-corrected chi connectivity index (χ0v) is 23.8. The molecule has 0 aliphatic rings. The van der Waals surface area contributed by atoms with Crippen molar-refractivity contribution in [3.63, 3.8) is 0 Å². The average Bonchev–Trinajstić information content (AvgIpc) is 3.22. The summed E-state index contributed by atoms with van der Waals surface area (Å²) in [7, 11) is -4.26. The van der Waals surface area contributed by atoms with Crippen molar-refractivity contribution in [2.24, 2.45) is 5.92 Å². The number of hydrogen-bond donors (Lipinski definition) is 1. The van der Waals surface area contributed by atoms with Crippen LogP contribution < -0.4 is 5.32 Å². The fourth-order valence-corrected chi connectivity index (χ4v) is 5.50. The molecule has 0 bridgehead atoms. The van der Waals surface area contributed by atoms with Crippen LogP contribution in [0.15, 0.2) is 53.4 Å². The Bertz CT molecular complexity index is 1460. The van der Waals surface area contributed by atoms with E-state index in [2.05, 4.69) is 5.32 Å². The second-order valence-corrected chi connectivity index (χ2v) is 12.9. The number of benzene rings is 2. The Hall–Kier alpha value is -3.28. The van der Waals surface area contributed by atoms with Crippen LogP contribution in [-0.2, 0) is 20.2 Å². The summed E-state index contributed by atoms with van der Waals surface area (Å²) in [5, 5.41) is 18.6. The van der Waals surface area contributed by atoms with Crippen molar-refractivity contribution in [1.82, 2.24) is 14.1 Å². The molecule has 0 spiro atoms. The van der Waals surface area contributed by atoms with Gasteiger partial charge in [0.25, 0.3) is 5.69 Å². The lowest BCUT2D eigenvalue weighted by molar-refractivity contribution is -0.384. The molecule has 0 radical (unpaired) electrons. The molecular weight excluding hydrogens is 530 g/mol. The van der Waals surface area contributed by atoms with E-state index < -0.39 is 33.1 Å². The summed E-state index contributed by atoms with van der Waals surface area (Å²) >= 11 is 5.87. The third-order valence-electron chi connectivity index (χ3n) is 5.63. The molecule has 3 rings (SSSR count). The van der Waals surface area contributed by atoms with E-state index in [1.54, 1.807) is 10.7 Å². The highest BCUT2D eigenvalue weighted by atomic mass is 35.5. The lowest BCUT2D eigenvalue weighted by Gasteiger charge is -2.23. The van der Waals surface area contributed by atoms with Crippen LogP contribution in [0.5, 0.6) is 0 Å². The fourth-order valence-electron chi connectivity index (χ4n) is 3.73. The average molecular weight is 562 g/mol. The van der Waals surface area contributed by atoms with Gasteiger partial charge in [-0.15, -0.1) is 0 Å². The number of nitrogens with one attached hydrogen (secondary N) is 1. The van der Waals surface area contributed by atoms with Crippen molar-refractivity contribution in [3.8, 4) is 5.69 Å². The number of sulfonamides is 1. The first-order valence-corrected chi connectivity index (χ1v) is 13.8. The molecule has 204 valence electrons. The third-order valence-corrected chi connectivity index (χ3v) is 7.76. The molecule has 0 saturated heterocycles. The molecule has 1 heterocycles. The van der Waals surface area contributed by atoms with E-state index in [1.807, 2.05) is 65.8 Å². The largest absolute Gasteiger partial charge is 0.309 e. The number of aromatic nitrogens is 2. The minimum atomic E-state index is -4.26. The van der Waals surface area contributed by atoms with Crippen molar-refractivity contribution in [2.45, 2.75) is 51.9 Å². The molecule has 0 aliphatic carbocycles. The van der Waals surface area contributed by atoms with E-state index in [1.165, 1.54) is 6.07 Å². The van der Waals surface area contributed by atoms with Crippen LogP contribution in [0.25, 0.3) is 5.69 Å². The Morgan fingerprint density at radius 3 is 2.45 bits per heavy atom. The Kier molecular flexibility index (Phi) is 8.65. The highest BCUT2D eigenvalue weighted by Crippen LogP contribution is 2.30. The highest BCUT2D eigenvalue weighted by Gasteiger charge is 2.30. The molecule has 1 aromatic heterocycles. The predicted molar refractivity (Wildman–Crippen MR) is 147 cm³/mol. The van der Waals surface area contributed by atoms with Crippen molar-refractivity contribution in [2.75, 3.05) is 18.4 Å². The standard InChI is InChI=1S/C26H32ClN5O5S/c1-17(2)15-30(38(36,37)20-10-11-21(27)22(13-20)32(34)35)16-25(33)28-24-14-23(26(4,5)6)29-31(24)19-9-7-8-18(3)12-19/h7-14,17H,15-16H2,1-6H3,(H,28,33). The number of carbonyl (C=O) groups excluding carboxylic acids is 1. The van der Waals surface area contributed by atoms with Gasteiger partial charge in [0.05, 0.1) is 27.7 Å². The molecule has 3 aromatic rings. The topological polar surface area (TPSA) is 127 Å². The lowest BCUT2D eigenvalue weighted by atomic mass is 9.92. The van der Waals surface area contributed by atoms with Crippen LogP contribution in [0.3, 0.4) is 0 Å². The molecule has 0 unspecified atom stereocenters. The maximum atomic E-state index is 13.5. The first-order chi connectivity index (χ1) is 17.6. The maximum absolute atomic E-state index is 13.5. The fraction of sp³-hybridized carbons (Fsp3) is 0.385. The van der Waals surface area contributed by atoms with Crippen molar-refractivity contribution in [1.29, 1.82) is 0 Å². The number of halogens is 1. The molecule has 2 aromatic carbocycles. The monoisotopic (exact) mass is 561 g/mol. The van der Waals surface area contributed by atoms with E-state index in [9.17, 15) is 23.3 Å². The molecule has 10 nitrogen and oxygen atoms in total. The summed E-state index contributed by atoms with van der Waals surface area (Å²) in [5.74, 6) is -0.299. The van der Waals surface area contributed by atoms with Gasteiger partial charge in [-0.2, -0.15) is 9.40 Å². The second-order valence-electron chi connectivity index (χ2n) is 10.5. The lowest BCUT2D eigenvalue weighted by Crippen LogP contribution is -2.40. The minimum absolute atomic E-state index is 0.0244. The summed E-state index contributed by atoms with van der Waals surface area (Å²) in [6.45, 7) is 11.1. The maximum Gasteiger partial charge on any atom is 0.289 e. The van der Waals surface area contributed by atoms with E-state index in [-0.39, 0.29) is 27.8 Å². The van der Waals surface area contributed by atoms with Gasteiger partial charge in [0.1, 0.15) is 10.8 Å². The number of rotatable bonds is 9. The number of anilines is 1. The van der Waals surface area contributed by atoms with Gasteiger partial charge in [0.2, 0.25) is 15.9 Å². The SMILES string of the molecule is Cc1cccc(-n2nc(C(C)(C)C)cc2NC(=O)CN(CC(C)C)S(=O)(=O)c2ccc(Cl)c([N+](=O)[O-])c2)c1. The molecular formula is C26H32ClN5O5S. The van der Waals surface area contributed by atoms with E-state index in [0.717, 1.165) is 33.4 Å². The summed E-state index contributed by atoms with van der Waals surface area (Å²) < 4.78 is 29.6. The van der Waals surface area contributed by atoms with E-state index in [0.29, 0.717) is 5.82 Å². The van der Waals surface area contributed by atoms with Gasteiger partial charge in [-0.3, -0.25) is 14.9 Å². The van der Waals surface area contributed by atoms with Gasteiger partial charge in [0.15, 0.2) is 0 Å². The summed E-state index contributed by atoms with van der Waals surface area (Å²) in [6, 6.07) is 12.7. The normalized spacial score (nSPS) is 12.2. The van der Waals surface area contributed by atoms with Crippen LogP contribution in [-0.4, -0.2) is 46.4 Å². The van der Waals surface area contributed by atoms with Crippen molar-refractivity contribution in [3.05, 3.63) is 74.9 Å². The Morgan fingerprint density at radius 2 is 1.87 bits per heavy atom. The van der Waals surface area contributed by atoms with Gasteiger partial charge in [-0.25, -0.2) is 13.1 Å². The molecule has 1 N–H and O–H groups in total. The number of nitro groups is 1. The zero-order valence-electron chi connectivity index (χ0n) is 22.2. The number of nitro benzene ring substituents is 1. The van der Waals surface area contributed by atoms with Crippen LogP contribution in [0, 0.1) is 23.0 Å². The first kappa shape index (κ1) is 29.3. The Morgan fingerprint density at radius 1 is 1.18 bits per heavy atom. The molecule has 38 heavy (non-hydrogen) atoms. The molecule has 0 fully saturated rings. The van der Waals surface area contributed by atoms with Crippen molar-refractivity contribution < 1.29 is 18.1 Å². The molecule has 12 heteroatoms. The van der Waals surface area contributed by atoms with Gasteiger partial charge < -0.3 is 5.32 Å². The highest BCUT2D eigenvalue weighted by molar-refractivity contribution is 7.89. The minimum Gasteiger partial charge on any atom is -0.309 e. The van der Waals surface area contributed by atoms with E-state index >= 15 is 0 Å². The smallest absolute Gasteiger partial charge is 0.289 e. The second kappa shape index (κ2) is 11.2. The quantitative estimate of drug-likeness (QED) is 0.278. The van der Waals surface area contributed by atoms with Crippen LogP contribution >= 0.6 is 11.6 Å². The Labute approximate surface area is 227 Å². The number of aryl methyl sites for hydroxylation is 1. The third kappa shape index (κ3) is 6.77. The molecule has 0 saturated carbocycles. The number of amides is 1. The molecule has 1 amide bonds. The summed E-state index contributed by atoms with van der Waals surface area (Å²) in [5.41, 5.74) is 1.67. The molecule has 0 atom stereocenters. The Balaban J connectivity index is 1.96. The van der Waals surface area contributed by atoms with Gasteiger partial charge in [0, 0.05) is 24.1 Å². The zero-order chi connectivity index (χ0) is 28.4. The summed E-state index contributed by atoms with van der Waals surface area (Å²) in [4.78, 5) is 23.5. The van der Waals surface area contributed by atoms with Gasteiger partial charge in [-0.1, -0.05) is 58.4 Å². The van der Waals surface area contributed by atoms with Crippen LogP contribution in [0.2, 0.25) is 5.02 Å². The predicted octanol–water partition coefficient (Wildman–Crippen LogP) is 5.33. The van der Waals surface area contributed by atoms with Gasteiger partial charge >= 0.3 is 0 Å². The van der Waals surface area contributed by atoms with Gasteiger partial charge in [-0.05, 0) is 42.7 Å². The number of hydrogen-bond acceptors (Lipinski definition) is 6. The number of nitrogens with zero attached hydrogens (tertiary/aromatic N) is 4. The summed E-state index contributed by atoms with van der Waals surface area (Å²) in [6.07, 6.45) is 0. The number of carbonyl (C=O) groups is 1. The van der Waals surface area contributed by atoms with E-state index in [4.69, 9.17) is 16.7 Å².